The number of furan rings is 1. The Bertz CT molecular complexity index is 815. The summed E-state index contributed by atoms with van der Waals surface area (Å²) in [4.78, 5) is 20.4. The highest BCUT2D eigenvalue weighted by Gasteiger charge is 2.46. The van der Waals surface area contributed by atoms with Crippen LogP contribution in [0, 0.1) is 6.92 Å². The highest BCUT2D eigenvalue weighted by molar-refractivity contribution is 6.39. The number of carbonyl (C=O) groups excluding carboxylic acids is 1. The lowest BCUT2D eigenvalue weighted by Crippen LogP contribution is -2.36. The SMILES string of the molecule is Cc1cccc(CN2CC[C@@]3(CC(C(=O)NCc4ccco4)=NO3)C2)c1. The standard InChI is InChI=1S/C20H23N3O3/c1-15-4-2-5-16(10-15)13-23-8-7-20(14-23)11-18(22-26-20)19(24)21-12-17-6-3-9-25-17/h2-6,9-10H,7-8,11-14H2,1H3,(H,21,24)/t20-/m1/s1. The van der Waals surface area contributed by atoms with E-state index in [1.807, 2.05) is 6.07 Å². The van der Waals surface area contributed by atoms with E-state index in [4.69, 9.17) is 9.25 Å². The number of oxime groups is 1. The van der Waals surface area contributed by atoms with Crippen LogP contribution in [0.3, 0.4) is 0 Å². The number of nitrogens with one attached hydrogen (secondary N) is 1. The Balaban J connectivity index is 1.30. The van der Waals surface area contributed by atoms with Gasteiger partial charge >= 0.3 is 0 Å². The van der Waals surface area contributed by atoms with E-state index in [0.29, 0.717) is 18.7 Å². The summed E-state index contributed by atoms with van der Waals surface area (Å²) < 4.78 is 5.23. The zero-order valence-corrected chi connectivity index (χ0v) is 14.9. The van der Waals surface area contributed by atoms with E-state index >= 15 is 0 Å². The van der Waals surface area contributed by atoms with E-state index in [2.05, 4.69) is 46.6 Å². The fourth-order valence-electron chi connectivity index (χ4n) is 3.68. The minimum absolute atomic E-state index is 0.185. The van der Waals surface area contributed by atoms with Crippen molar-refractivity contribution < 1.29 is 14.0 Å². The van der Waals surface area contributed by atoms with E-state index < -0.39 is 0 Å². The first-order valence-corrected chi connectivity index (χ1v) is 8.95. The molecule has 1 spiro atoms. The van der Waals surface area contributed by atoms with Crippen LogP contribution in [0.2, 0.25) is 0 Å². The van der Waals surface area contributed by atoms with E-state index in [0.717, 1.165) is 31.8 Å². The van der Waals surface area contributed by atoms with Crippen LogP contribution in [0.15, 0.2) is 52.2 Å². The molecule has 1 N–H and O–H groups in total. The van der Waals surface area contributed by atoms with Crippen molar-refractivity contribution >= 4 is 11.6 Å². The monoisotopic (exact) mass is 353 g/mol. The third kappa shape index (κ3) is 3.65. The van der Waals surface area contributed by atoms with Crippen molar-refractivity contribution in [3.05, 3.63) is 59.5 Å². The van der Waals surface area contributed by atoms with E-state index in [-0.39, 0.29) is 11.5 Å². The molecule has 6 heteroatoms. The Labute approximate surface area is 152 Å². The van der Waals surface area contributed by atoms with Crippen LogP contribution in [0.25, 0.3) is 0 Å². The molecule has 1 aromatic heterocycles. The molecule has 0 saturated carbocycles. The Morgan fingerprint density at radius 2 is 2.27 bits per heavy atom. The summed E-state index contributed by atoms with van der Waals surface area (Å²) in [6.07, 6.45) is 3.03. The molecule has 0 aliphatic carbocycles. The van der Waals surface area contributed by atoms with Gasteiger partial charge < -0.3 is 14.6 Å². The van der Waals surface area contributed by atoms with Gasteiger partial charge in [0.25, 0.3) is 5.91 Å². The molecule has 1 amide bonds. The maximum Gasteiger partial charge on any atom is 0.269 e. The van der Waals surface area contributed by atoms with Crippen molar-refractivity contribution in [2.45, 2.75) is 38.5 Å². The molecule has 1 aromatic carbocycles. The van der Waals surface area contributed by atoms with E-state index in [1.165, 1.54) is 11.1 Å². The number of carbonyl (C=O) groups is 1. The molecule has 26 heavy (non-hydrogen) atoms. The average Bonchev–Trinajstić information content (AvgIpc) is 3.36. The van der Waals surface area contributed by atoms with Crippen molar-refractivity contribution in [2.75, 3.05) is 13.1 Å². The summed E-state index contributed by atoms with van der Waals surface area (Å²) in [5.74, 6) is 0.535. The van der Waals surface area contributed by atoms with Crippen LogP contribution >= 0.6 is 0 Å². The Hall–Kier alpha value is -2.60. The molecule has 0 bridgehead atoms. The third-order valence-electron chi connectivity index (χ3n) is 4.99. The number of aryl methyl sites for hydroxylation is 1. The van der Waals surface area contributed by atoms with Crippen LogP contribution in [-0.2, 0) is 22.7 Å². The van der Waals surface area contributed by atoms with Gasteiger partial charge in [0.05, 0.1) is 12.8 Å². The van der Waals surface area contributed by atoms with Crippen LogP contribution in [0.4, 0.5) is 0 Å². The number of benzene rings is 1. The molecule has 3 heterocycles. The first kappa shape index (κ1) is 16.8. The number of hydrogen-bond acceptors (Lipinski definition) is 5. The molecular weight excluding hydrogens is 330 g/mol. The second-order valence-corrected chi connectivity index (χ2v) is 7.20. The molecule has 1 fully saturated rings. The number of likely N-dealkylation sites (tertiary alicyclic amines) is 1. The number of hydrogen-bond donors (Lipinski definition) is 1. The van der Waals surface area contributed by atoms with Crippen LogP contribution in [-0.4, -0.2) is 35.2 Å². The summed E-state index contributed by atoms with van der Waals surface area (Å²) in [5, 5.41) is 6.91. The predicted molar refractivity (Wildman–Crippen MR) is 97.5 cm³/mol. The fourth-order valence-corrected chi connectivity index (χ4v) is 3.68. The summed E-state index contributed by atoms with van der Waals surface area (Å²) in [5.41, 5.74) is 2.68. The molecule has 2 aliphatic rings. The van der Waals surface area contributed by atoms with E-state index in [1.54, 1.807) is 12.3 Å². The molecule has 0 unspecified atom stereocenters. The van der Waals surface area contributed by atoms with Gasteiger partial charge in [0.15, 0.2) is 5.60 Å². The molecule has 2 aliphatic heterocycles. The van der Waals surface area contributed by atoms with Gasteiger partial charge in [-0.25, -0.2) is 0 Å². The lowest BCUT2D eigenvalue weighted by molar-refractivity contribution is -0.115. The van der Waals surface area contributed by atoms with Gasteiger partial charge in [-0.15, -0.1) is 0 Å². The topological polar surface area (TPSA) is 67.1 Å². The van der Waals surface area contributed by atoms with Gasteiger partial charge in [0.2, 0.25) is 0 Å². The van der Waals surface area contributed by atoms with Crippen LogP contribution in [0.5, 0.6) is 0 Å². The maximum absolute atomic E-state index is 12.3. The van der Waals surface area contributed by atoms with Gasteiger partial charge in [0, 0.05) is 32.5 Å². The number of rotatable bonds is 5. The first-order valence-electron chi connectivity index (χ1n) is 8.95. The van der Waals surface area contributed by atoms with Crippen molar-refractivity contribution in [1.82, 2.24) is 10.2 Å². The summed E-state index contributed by atoms with van der Waals surface area (Å²) in [7, 11) is 0. The molecule has 6 nitrogen and oxygen atoms in total. The van der Waals surface area contributed by atoms with Crippen LogP contribution < -0.4 is 5.32 Å². The zero-order chi connectivity index (χ0) is 18.0. The van der Waals surface area contributed by atoms with Gasteiger partial charge in [-0.05, 0) is 24.6 Å². The zero-order valence-electron chi connectivity index (χ0n) is 14.9. The highest BCUT2D eigenvalue weighted by Crippen LogP contribution is 2.34. The lowest BCUT2D eigenvalue weighted by atomic mass is 9.96. The Morgan fingerprint density at radius 1 is 1.35 bits per heavy atom. The number of amides is 1. The van der Waals surface area contributed by atoms with Crippen LogP contribution in [0.1, 0.15) is 29.7 Å². The predicted octanol–water partition coefficient (Wildman–Crippen LogP) is 2.63. The normalized spacial score (nSPS) is 22.4. The summed E-state index contributed by atoms with van der Waals surface area (Å²) in [6.45, 7) is 5.10. The van der Waals surface area contributed by atoms with Gasteiger partial charge in [-0.3, -0.25) is 9.69 Å². The quantitative estimate of drug-likeness (QED) is 0.897. The Kier molecular flexibility index (Phi) is 4.51. The lowest BCUT2D eigenvalue weighted by Gasteiger charge is -2.21. The number of nitrogens with zero attached hydrogens (tertiary/aromatic N) is 2. The molecule has 136 valence electrons. The second-order valence-electron chi connectivity index (χ2n) is 7.20. The molecule has 2 aromatic rings. The van der Waals surface area contributed by atoms with Crippen molar-refractivity contribution in [3.63, 3.8) is 0 Å². The molecule has 1 saturated heterocycles. The Morgan fingerprint density at radius 3 is 3.08 bits per heavy atom. The summed E-state index contributed by atoms with van der Waals surface area (Å²) >= 11 is 0. The van der Waals surface area contributed by atoms with Crippen molar-refractivity contribution in [1.29, 1.82) is 0 Å². The minimum Gasteiger partial charge on any atom is -0.467 e. The summed E-state index contributed by atoms with van der Waals surface area (Å²) in [6, 6.07) is 12.2. The van der Waals surface area contributed by atoms with Gasteiger partial charge in [-0.2, -0.15) is 0 Å². The van der Waals surface area contributed by atoms with Gasteiger partial charge in [0.1, 0.15) is 11.5 Å². The third-order valence-corrected chi connectivity index (χ3v) is 4.99. The maximum atomic E-state index is 12.3. The fraction of sp³-hybridized carbons (Fsp3) is 0.400. The van der Waals surface area contributed by atoms with E-state index in [9.17, 15) is 4.79 Å². The minimum atomic E-state index is -0.360. The van der Waals surface area contributed by atoms with Crippen molar-refractivity contribution in [3.8, 4) is 0 Å². The average molecular weight is 353 g/mol. The highest BCUT2D eigenvalue weighted by atomic mass is 16.7. The van der Waals surface area contributed by atoms with Gasteiger partial charge in [-0.1, -0.05) is 35.0 Å². The second kappa shape index (κ2) is 6.96. The first-order chi connectivity index (χ1) is 12.6. The molecule has 0 radical (unpaired) electrons. The molecule has 4 rings (SSSR count). The molecular formula is C20H23N3O3. The van der Waals surface area contributed by atoms with Crippen molar-refractivity contribution in [2.24, 2.45) is 5.16 Å². The molecule has 1 atom stereocenters. The smallest absolute Gasteiger partial charge is 0.269 e. The largest absolute Gasteiger partial charge is 0.467 e.